The molecule has 1 amide bonds. The zero-order valence-electron chi connectivity index (χ0n) is 12.3. The lowest BCUT2D eigenvalue weighted by atomic mass is 10.0. The van der Waals surface area contributed by atoms with E-state index in [-0.39, 0.29) is 5.91 Å². The van der Waals surface area contributed by atoms with Gasteiger partial charge in [0.15, 0.2) is 0 Å². The Morgan fingerprint density at radius 2 is 2.15 bits per heavy atom. The zero-order chi connectivity index (χ0) is 14.5. The van der Waals surface area contributed by atoms with Gasteiger partial charge in [-0.2, -0.15) is 0 Å². The third-order valence-corrected chi connectivity index (χ3v) is 3.62. The van der Waals surface area contributed by atoms with Gasteiger partial charge in [-0.15, -0.1) is 0 Å². The van der Waals surface area contributed by atoms with Crippen LogP contribution in [-0.4, -0.2) is 44.6 Å². The Labute approximate surface area is 120 Å². The topological polar surface area (TPSA) is 41.6 Å². The van der Waals surface area contributed by atoms with Crippen LogP contribution in [0, 0.1) is 0 Å². The Hall–Kier alpha value is -1.81. The Bertz CT molecular complexity index is 507. The van der Waals surface area contributed by atoms with E-state index in [4.69, 9.17) is 4.74 Å². The van der Waals surface area contributed by atoms with Crippen LogP contribution in [0.25, 0.3) is 5.57 Å². The number of hydrogen-bond donors (Lipinski definition) is 1. The van der Waals surface area contributed by atoms with E-state index in [0.717, 1.165) is 17.9 Å². The van der Waals surface area contributed by atoms with Crippen molar-refractivity contribution >= 4 is 11.5 Å². The normalized spacial score (nSPS) is 15.3. The van der Waals surface area contributed by atoms with Crippen molar-refractivity contribution in [2.75, 3.05) is 27.7 Å². The number of para-hydroxylation sites is 1. The molecule has 1 aromatic carbocycles. The molecule has 1 N–H and O–H groups in total. The second kappa shape index (κ2) is 6.57. The number of benzene rings is 1. The van der Waals surface area contributed by atoms with E-state index in [1.807, 2.05) is 30.3 Å². The molecule has 0 saturated heterocycles. The molecule has 0 spiro atoms. The van der Waals surface area contributed by atoms with Gasteiger partial charge in [0.2, 0.25) is 0 Å². The third kappa shape index (κ3) is 3.39. The van der Waals surface area contributed by atoms with E-state index in [1.165, 1.54) is 12.8 Å². The average molecular weight is 274 g/mol. The van der Waals surface area contributed by atoms with Crippen LogP contribution in [-0.2, 0) is 4.79 Å². The van der Waals surface area contributed by atoms with E-state index in [2.05, 4.69) is 17.3 Å². The molecule has 2 rings (SSSR count). The van der Waals surface area contributed by atoms with Crippen molar-refractivity contribution in [3.05, 3.63) is 35.9 Å². The number of carbonyl (C=O) groups excluding carboxylic acids is 1. The maximum Gasteiger partial charge on any atom is 0.251 e. The molecular weight excluding hydrogens is 252 g/mol. The Morgan fingerprint density at radius 3 is 2.75 bits per heavy atom. The fraction of sp³-hybridized carbons (Fsp3) is 0.438. The number of hydrogen-bond acceptors (Lipinski definition) is 3. The Kier molecular flexibility index (Phi) is 4.79. The van der Waals surface area contributed by atoms with Crippen LogP contribution in [0.15, 0.2) is 30.3 Å². The van der Waals surface area contributed by atoms with E-state index in [1.54, 1.807) is 14.2 Å². The van der Waals surface area contributed by atoms with Gasteiger partial charge in [0.25, 0.3) is 5.91 Å². The fourth-order valence-electron chi connectivity index (χ4n) is 2.23. The van der Waals surface area contributed by atoms with Gasteiger partial charge in [0.05, 0.1) is 7.11 Å². The maximum absolute atomic E-state index is 12.1. The molecule has 1 aliphatic carbocycles. The summed E-state index contributed by atoms with van der Waals surface area (Å²) in [7, 11) is 5.37. The molecule has 108 valence electrons. The summed E-state index contributed by atoms with van der Waals surface area (Å²) in [4.78, 5) is 14.4. The monoisotopic (exact) mass is 274 g/mol. The molecule has 0 radical (unpaired) electrons. The first-order chi connectivity index (χ1) is 9.67. The van der Waals surface area contributed by atoms with Crippen molar-refractivity contribution in [3.8, 4) is 5.75 Å². The summed E-state index contributed by atoms with van der Waals surface area (Å²) in [6, 6.07) is 8.28. The van der Waals surface area contributed by atoms with Crippen molar-refractivity contribution in [1.82, 2.24) is 10.2 Å². The number of nitrogens with one attached hydrogen (secondary N) is 1. The van der Waals surface area contributed by atoms with Crippen LogP contribution in [0.2, 0.25) is 0 Å². The smallest absolute Gasteiger partial charge is 0.251 e. The number of methoxy groups -OCH3 is 1. The van der Waals surface area contributed by atoms with Crippen molar-refractivity contribution in [1.29, 1.82) is 0 Å². The summed E-state index contributed by atoms with van der Waals surface area (Å²) in [6.45, 7) is 0.769. The number of nitrogens with zero attached hydrogens (tertiary/aromatic N) is 1. The molecule has 4 heteroatoms. The van der Waals surface area contributed by atoms with E-state index in [0.29, 0.717) is 11.6 Å². The number of ether oxygens (including phenoxy) is 1. The van der Waals surface area contributed by atoms with Crippen LogP contribution < -0.4 is 10.1 Å². The summed E-state index contributed by atoms with van der Waals surface area (Å²) in [6.07, 6.45) is 4.50. The lowest BCUT2D eigenvalue weighted by Gasteiger charge is -2.15. The van der Waals surface area contributed by atoms with Crippen molar-refractivity contribution in [2.24, 2.45) is 0 Å². The van der Waals surface area contributed by atoms with Gasteiger partial charge in [-0.05, 0) is 26.0 Å². The molecule has 0 aromatic heterocycles. The quantitative estimate of drug-likeness (QED) is 0.806. The van der Waals surface area contributed by atoms with Gasteiger partial charge in [-0.3, -0.25) is 9.69 Å². The number of likely N-dealkylation sites (N-methyl/N-ethyl adjacent to an activating group) is 2. The highest BCUT2D eigenvalue weighted by molar-refractivity contribution is 6.20. The second-order valence-electron chi connectivity index (χ2n) is 5.07. The van der Waals surface area contributed by atoms with E-state index in [9.17, 15) is 4.79 Å². The molecule has 0 unspecified atom stereocenters. The Morgan fingerprint density at radius 1 is 1.45 bits per heavy atom. The van der Waals surface area contributed by atoms with Crippen molar-refractivity contribution in [2.45, 2.75) is 18.9 Å². The maximum atomic E-state index is 12.1. The van der Waals surface area contributed by atoms with Gasteiger partial charge < -0.3 is 10.1 Å². The van der Waals surface area contributed by atoms with Gasteiger partial charge in [-0.25, -0.2) is 0 Å². The molecule has 1 fully saturated rings. The van der Waals surface area contributed by atoms with Gasteiger partial charge in [-0.1, -0.05) is 24.3 Å². The third-order valence-electron chi connectivity index (χ3n) is 3.62. The second-order valence-corrected chi connectivity index (χ2v) is 5.07. The van der Waals surface area contributed by atoms with Crippen LogP contribution >= 0.6 is 0 Å². The van der Waals surface area contributed by atoms with E-state index >= 15 is 0 Å². The molecular formula is C16H22N2O2. The van der Waals surface area contributed by atoms with Crippen molar-refractivity contribution < 1.29 is 9.53 Å². The van der Waals surface area contributed by atoms with Crippen LogP contribution in [0.4, 0.5) is 0 Å². The SMILES string of the molecule is CNC(=O)C(=CCN(C)C1CC1)c1ccccc1OC. The Balaban J connectivity index is 2.26. The standard InChI is InChI=1S/C16H22N2O2/c1-17-16(19)14(10-11-18(2)12-8-9-12)13-6-4-5-7-15(13)20-3/h4-7,10,12H,8-9,11H2,1-3H3,(H,17,19). The minimum atomic E-state index is -0.0845. The van der Waals surface area contributed by atoms with Crippen molar-refractivity contribution in [3.63, 3.8) is 0 Å². The minimum absolute atomic E-state index is 0.0845. The molecule has 0 atom stereocenters. The predicted octanol–water partition coefficient (Wildman–Crippen LogP) is 1.92. The van der Waals surface area contributed by atoms with Gasteiger partial charge >= 0.3 is 0 Å². The fourth-order valence-corrected chi connectivity index (χ4v) is 2.23. The molecule has 0 aliphatic heterocycles. The molecule has 4 nitrogen and oxygen atoms in total. The molecule has 20 heavy (non-hydrogen) atoms. The van der Waals surface area contributed by atoms with Crippen LogP contribution in [0.3, 0.4) is 0 Å². The van der Waals surface area contributed by atoms with Crippen LogP contribution in [0.1, 0.15) is 18.4 Å². The summed E-state index contributed by atoms with van der Waals surface area (Å²) in [5.74, 6) is 0.634. The molecule has 1 aromatic rings. The first-order valence-corrected chi connectivity index (χ1v) is 6.93. The summed E-state index contributed by atoms with van der Waals surface area (Å²) < 4.78 is 5.35. The number of amides is 1. The summed E-state index contributed by atoms with van der Waals surface area (Å²) in [5, 5.41) is 2.70. The number of rotatable bonds is 6. The zero-order valence-corrected chi connectivity index (χ0v) is 12.3. The molecule has 1 saturated carbocycles. The lowest BCUT2D eigenvalue weighted by molar-refractivity contribution is -0.115. The highest BCUT2D eigenvalue weighted by Crippen LogP contribution is 2.28. The average Bonchev–Trinajstić information content (AvgIpc) is 3.32. The highest BCUT2D eigenvalue weighted by Gasteiger charge is 2.25. The largest absolute Gasteiger partial charge is 0.496 e. The highest BCUT2D eigenvalue weighted by atomic mass is 16.5. The van der Waals surface area contributed by atoms with Crippen LogP contribution in [0.5, 0.6) is 5.75 Å². The minimum Gasteiger partial charge on any atom is -0.496 e. The van der Waals surface area contributed by atoms with Gasteiger partial charge in [0.1, 0.15) is 5.75 Å². The summed E-state index contributed by atoms with van der Waals surface area (Å²) >= 11 is 0. The number of carbonyl (C=O) groups is 1. The first-order valence-electron chi connectivity index (χ1n) is 6.93. The molecule has 1 aliphatic rings. The first kappa shape index (κ1) is 14.6. The van der Waals surface area contributed by atoms with E-state index < -0.39 is 0 Å². The predicted molar refractivity (Wildman–Crippen MR) is 80.7 cm³/mol. The lowest BCUT2D eigenvalue weighted by Crippen LogP contribution is -2.24. The molecule has 0 bridgehead atoms. The summed E-state index contributed by atoms with van der Waals surface area (Å²) in [5.41, 5.74) is 1.50. The van der Waals surface area contributed by atoms with Gasteiger partial charge in [0, 0.05) is 30.8 Å². The molecule has 0 heterocycles.